The molecule has 0 aliphatic carbocycles. The fourth-order valence-corrected chi connectivity index (χ4v) is 3.38. The number of hydrogen-bond acceptors (Lipinski definition) is 6. The number of para-hydroxylation sites is 1. The zero-order chi connectivity index (χ0) is 14.2. The van der Waals surface area contributed by atoms with E-state index in [1.54, 1.807) is 30.0 Å². The van der Waals surface area contributed by atoms with Crippen molar-refractivity contribution in [2.45, 2.75) is 23.6 Å². The predicted octanol–water partition coefficient (Wildman–Crippen LogP) is 3.68. The number of aromatic nitrogens is 2. The van der Waals surface area contributed by atoms with Crippen molar-refractivity contribution in [2.75, 3.05) is 17.7 Å². The Morgan fingerprint density at radius 3 is 2.85 bits per heavy atom. The summed E-state index contributed by atoms with van der Waals surface area (Å²) < 4.78 is 14.3. The summed E-state index contributed by atoms with van der Waals surface area (Å²) in [7, 11) is 0. The summed E-state index contributed by atoms with van der Waals surface area (Å²) in [6.07, 6.45) is 2.90. The van der Waals surface area contributed by atoms with Gasteiger partial charge in [0.1, 0.15) is 5.82 Å². The molecule has 2 aromatic rings. The molecule has 108 valence electrons. The van der Waals surface area contributed by atoms with Crippen molar-refractivity contribution in [3.8, 4) is 0 Å². The second kappa shape index (κ2) is 8.18. The van der Waals surface area contributed by atoms with Crippen LogP contribution in [-0.4, -0.2) is 27.7 Å². The third kappa shape index (κ3) is 4.73. The highest BCUT2D eigenvalue weighted by molar-refractivity contribution is 8.01. The average molecular weight is 313 g/mol. The number of rotatable bonds is 8. The first-order valence-corrected chi connectivity index (χ1v) is 8.18. The highest BCUT2D eigenvalue weighted by Crippen LogP contribution is 2.28. The van der Waals surface area contributed by atoms with Gasteiger partial charge in [-0.1, -0.05) is 41.7 Å². The minimum absolute atomic E-state index is 0.250. The average Bonchev–Trinajstić information content (AvgIpc) is 2.89. The fraction of sp³-hybridized carbons (Fsp3) is 0.385. The van der Waals surface area contributed by atoms with Crippen molar-refractivity contribution in [1.29, 1.82) is 0 Å². The van der Waals surface area contributed by atoms with Gasteiger partial charge in [-0.3, -0.25) is 0 Å². The van der Waals surface area contributed by atoms with E-state index >= 15 is 0 Å². The van der Waals surface area contributed by atoms with Gasteiger partial charge in [0, 0.05) is 12.4 Å². The summed E-state index contributed by atoms with van der Waals surface area (Å²) in [6, 6.07) is 6.48. The molecule has 0 saturated heterocycles. The van der Waals surface area contributed by atoms with Crippen LogP contribution in [0.3, 0.4) is 0 Å². The monoisotopic (exact) mass is 313 g/mol. The normalized spacial score (nSPS) is 10.7. The van der Waals surface area contributed by atoms with Gasteiger partial charge < -0.3 is 10.4 Å². The Kier molecular flexibility index (Phi) is 6.23. The molecular formula is C13H16FN3OS2. The Hall–Kier alpha value is -1.18. The molecule has 0 aliphatic heterocycles. The SMILES string of the molecule is OCCCCCSc1nnc(Nc2ccccc2F)s1. The number of unbranched alkanes of at least 4 members (excludes halogenated alkanes) is 2. The number of halogens is 1. The minimum Gasteiger partial charge on any atom is -0.396 e. The van der Waals surface area contributed by atoms with Crippen LogP contribution in [-0.2, 0) is 0 Å². The van der Waals surface area contributed by atoms with Crippen molar-refractivity contribution in [1.82, 2.24) is 10.2 Å². The van der Waals surface area contributed by atoms with Gasteiger partial charge >= 0.3 is 0 Å². The van der Waals surface area contributed by atoms with E-state index in [1.807, 2.05) is 0 Å². The molecule has 0 saturated carbocycles. The molecule has 2 N–H and O–H groups in total. The van der Waals surface area contributed by atoms with E-state index in [9.17, 15) is 4.39 Å². The van der Waals surface area contributed by atoms with Crippen LogP contribution in [0.1, 0.15) is 19.3 Å². The van der Waals surface area contributed by atoms with Gasteiger partial charge in [0.05, 0.1) is 5.69 Å². The lowest BCUT2D eigenvalue weighted by Gasteiger charge is -2.01. The summed E-state index contributed by atoms with van der Waals surface area (Å²) in [4.78, 5) is 0. The molecule has 0 aliphatic rings. The first-order chi connectivity index (χ1) is 9.79. The zero-order valence-corrected chi connectivity index (χ0v) is 12.5. The lowest BCUT2D eigenvalue weighted by molar-refractivity contribution is 0.284. The quantitative estimate of drug-likeness (QED) is 0.575. The Balaban J connectivity index is 1.82. The van der Waals surface area contributed by atoms with Gasteiger partial charge in [0.2, 0.25) is 5.13 Å². The summed E-state index contributed by atoms with van der Waals surface area (Å²) in [6.45, 7) is 0.250. The van der Waals surface area contributed by atoms with Gasteiger partial charge in [0.25, 0.3) is 0 Å². The number of nitrogens with one attached hydrogen (secondary N) is 1. The highest BCUT2D eigenvalue weighted by atomic mass is 32.2. The fourth-order valence-electron chi connectivity index (χ4n) is 1.55. The summed E-state index contributed by atoms with van der Waals surface area (Å²) in [5.74, 6) is 0.648. The standard InChI is InChI=1S/C13H16FN3OS2/c14-10-6-2-3-7-11(10)15-12-16-17-13(20-12)19-9-5-1-4-8-18/h2-3,6-7,18H,1,4-5,8-9H2,(H,15,16). The molecule has 2 rings (SSSR count). The lowest BCUT2D eigenvalue weighted by atomic mass is 10.3. The first kappa shape index (κ1) is 15.2. The largest absolute Gasteiger partial charge is 0.396 e. The van der Waals surface area contributed by atoms with Crippen LogP contribution in [0.5, 0.6) is 0 Å². The molecule has 0 spiro atoms. The number of hydrogen-bond donors (Lipinski definition) is 2. The molecule has 1 aromatic heterocycles. The maximum Gasteiger partial charge on any atom is 0.210 e. The number of anilines is 2. The molecule has 0 radical (unpaired) electrons. The molecule has 0 amide bonds. The molecule has 1 heterocycles. The molecule has 4 nitrogen and oxygen atoms in total. The molecular weight excluding hydrogens is 297 g/mol. The second-order valence-electron chi connectivity index (χ2n) is 4.11. The Labute approximate surface area is 125 Å². The van der Waals surface area contributed by atoms with Crippen molar-refractivity contribution < 1.29 is 9.50 Å². The Morgan fingerprint density at radius 1 is 1.20 bits per heavy atom. The lowest BCUT2D eigenvalue weighted by Crippen LogP contribution is -1.92. The molecule has 0 fully saturated rings. The smallest absolute Gasteiger partial charge is 0.210 e. The maximum absolute atomic E-state index is 13.5. The number of nitrogens with zero attached hydrogens (tertiary/aromatic N) is 2. The Bertz CT molecular complexity index is 536. The van der Waals surface area contributed by atoms with Gasteiger partial charge in [0.15, 0.2) is 4.34 Å². The molecule has 0 unspecified atom stereocenters. The van der Waals surface area contributed by atoms with Crippen LogP contribution in [0.15, 0.2) is 28.6 Å². The predicted molar refractivity (Wildman–Crippen MR) is 81.3 cm³/mol. The number of aliphatic hydroxyl groups is 1. The summed E-state index contributed by atoms with van der Waals surface area (Å²) in [5, 5.41) is 20.3. The third-order valence-electron chi connectivity index (χ3n) is 2.55. The van der Waals surface area contributed by atoms with Crippen molar-refractivity contribution in [2.24, 2.45) is 0 Å². The number of benzene rings is 1. The van der Waals surface area contributed by atoms with E-state index in [1.165, 1.54) is 17.4 Å². The van der Waals surface area contributed by atoms with Crippen LogP contribution in [0.2, 0.25) is 0 Å². The van der Waals surface area contributed by atoms with Crippen LogP contribution in [0.25, 0.3) is 0 Å². The maximum atomic E-state index is 13.5. The van der Waals surface area contributed by atoms with Crippen LogP contribution in [0, 0.1) is 5.82 Å². The van der Waals surface area contributed by atoms with Crippen molar-refractivity contribution in [3.63, 3.8) is 0 Å². The zero-order valence-electron chi connectivity index (χ0n) is 10.9. The van der Waals surface area contributed by atoms with Crippen LogP contribution in [0.4, 0.5) is 15.2 Å². The third-order valence-corrected chi connectivity index (χ3v) is 4.61. The number of thioether (sulfide) groups is 1. The molecule has 0 bridgehead atoms. The first-order valence-electron chi connectivity index (χ1n) is 6.38. The van der Waals surface area contributed by atoms with E-state index in [2.05, 4.69) is 15.5 Å². The van der Waals surface area contributed by atoms with Gasteiger partial charge in [-0.25, -0.2) is 4.39 Å². The topological polar surface area (TPSA) is 58.0 Å². The van der Waals surface area contributed by atoms with E-state index < -0.39 is 0 Å². The van der Waals surface area contributed by atoms with E-state index in [-0.39, 0.29) is 12.4 Å². The highest BCUT2D eigenvalue weighted by Gasteiger charge is 2.07. The van der Waals surface area contributed by atoms with Crippen LogP contribution >= 0.6 is 23.1 Å². The second-order valence-corrected chi connectivity index (χ2v) is 6.43. The van der Waals surface area contributed by atoms with Crippen molar-refractivity contribution in [3.05, 3.63) is 30.1 Å². The van der Waals surface area contributed by atoms with E-state index in [4.69, 9.17) is 5.11 Å². The van der Waals surface area contributed by atoms with Gasteiger partial charge in [-0.2, -0.15) is 0 Å². The van der Waals surface area contributed by atoms with Gasteiger partial charge in [-0.05, 0) is 25.0 Å². The minimum atomic E-state index is -0.305. The van der Waals surface area contributed by atoms with E-state index in [0.29, 0.717) is 10.8 Å². The summed E-state index contributed by atoms with van der Waals surface area (Å²) >= 11 is 3.05. The Morgan fingerprint density at radius 2 is 2.05 bits per heavy atom. The molecule has 7 heteroatoms. The summed E-state index contributed by atoms with van der Waals surface area (Å²) in [5.41, 5.74) is 0.406. The van der Waals surface area contributed by atoms with Gasteiger partial charge in [-0.15, -0.1) is 10.2 Å². The molecule has 20 heavy (non-hydrogen) atoms. The molecule has 1 aromatic carbocycles. The van der Waals surface area contributed by atoms with Crippen molar-refractivity contribution >= 4 is 33.9 Å². The van der Waals surface area contributed by atoms with Crippen LogP contribution < -0.4 is 5.32 Å². The molecule has 0 atom stereocenters. The number of aliphatic hydroxyl groups excluding tert-OH is 1. The van der Waals surface area contributed by atoms with E-state index in [0.717, 1.165) is 29.4 Å².